The SMILES string of the molecule is CC(C)c1ccc(NC(=S)NC[C@H](c2ccccc2)[NH+](C)C)cc1. The summed E-state index contributed by atoms with van der Waals surface area (Å²) in [5, 5.41) is 7.27. The molecule has 128 valence electrons. The van der Waals surface area contributed by atoms with Crippen LogP contribution in [0.1, 0.15) is 36.9 Å². The number of thiocarbonyl (C=S) groups is 1. The van der Waals surface area contributed by atoms with E-state index in [4.69, 9.17) is 12.2 Å². The van der Waals surface area contributed by atoms with E-state index >= 15 is 0 Å². The lowest BCUT2D eigenvalue weighted by atomic mass is 10.0. The third-order valence-electron chi connectivity index (χ3n) is 4.20. The predicted octanol–water partition coefficient (Wildman–Crippen LogP) is 2.98. The second-order valence-electron chi connectivity index (χ2n) is 6.65. The maximum atomic E-state index is 5.44. The summed E-state index contributed by atoms with van der Waals surface area (Å²) in [5.74, 6) is 0.541. The lowest BCUT2D eigenvalue weighted by molar-refractivity contribution is -0.890. The van der Waals surface area contributed by atoms with E-state index in [2.05, 4.69) is 87.1 Å². The van der Waals surface area contributed by atoms with Crippen molar-refractivity contribution in [2.75, 3.05) is 26.0 Å². The van der Waals surface area contributed by atoms with E-state index in [0.29, 0.717) is 17.1 Å². The Labute approximate surface area is 151 Å². The molecule has 24 heavy (non-hydrogen) atoms. The first-order valence-electron chi connectivity index (χ1n) is 8.47. The highest BCUT2D eigenvalue weighted by atomic mass is 32.1. The van der Waals surface area contributed by atoms with Crippen LogP contribution in [0.25, 0.3) is 0 Å². The van der Waals surface area contributed by atoms with Crippen LogP contribution in [-0.4, -0.2) is 25.8 Å². The lowest BCUT2D eigenvalue weighted by Gasteiger charge is -2.23. The molecule has 0 aromatic heterocycles. The summed E-state index contributed by atoms with van der Waals surface area (Å²) in [6.45, 7) is 5.19. The quantitative estimate of drug-likeness (QED) is 0.705. The minimum Gasteiger partial charge on any atom is -0.356 e. The highest BCUT2D eigenvalue weighted by Crippen LogP contribution is 2.17. The Kier molecular flexibility index (Phi) is 6.76. The van der Waals surface area contributed by atoms with Gasteiger partial charge in [-0.15, -0.1) is 0 Å². The number of rotatable bonds is 6. The minimum absolute atomic E-state index is 0.356. The summed E-state index contributed by atoms with van der Waals surface area (Å²) < 4.78 is 0. The van der Waals surface area contributed by atoms with Crippen LogP contribution in [0.4, 0.5) is 5.69 Å². The first kappa shape index (κ1) is 18.4. The Morgan fingerprint density at radius 3 is 2.12 bits per heavy atom. The maximum Gasteiger partial charge on any atom is 0.171 e. The van der Waals surface area contributed by atoms with Gasteiger partial charge in [0.1, 0.15) is 6.04 Å². The third-order valence-corrected chi connectivity index (χ3v) is 4.45. The second-order valence-corrected chi connectivity index (χ2v) is 7.06. The predicted molar refractivity (Wildman–Crippen MR) is 107 cm³/mol. The van der Waals surface area contributed by atoms with Crippen molar-refractivity contribution >= 4 is 23.0 Å². The van der Waals surface area contributed by atoms with Gasteiger partial charge >= 0.3 is 0 Å². The van der Waals surface area contributed by atoms with Gasteiger partial charge in [0.25, 0.3) is 0 Å². The van der Waals surface area contributed by atoms with Crippen molar-refractivity contribution in [3.63, 3.8) is 0 Å². The Bertz CT molecular complexity index is 636. The van der Waals surface area contributed by atoms with Crippen LogP contribution < -0.4 is 15.5 Å². The van der Waals surface area contributed by atoms with Crippen molar-refractivity contribution in [3.8, 4) is 0 Å². The monoisotopic (exact) mass is 342 g/mol. The first-order valence-corrected chi connectivity index (χ1v) is 8.88. The molecule has 0 fully saturated rings. The molecule has 0 bridgehead atoms. The molecule has 0 aliphatic heterocycles. The van der Waals surface area contributed by atoms with Crippen LogP contribution >= 0.6 is 12.2 Å². The number of quaternary nitrogens is 1. The van der Waals surface area contributed by atoms with E-state index in [9.17, 15) is 0 Å². The molecule has 0 radical (unpaired) electrons. The van der Waals surface area contributed by atoms with Crippen LogP contribution in [0.15, 0.2) is 54.6 Å². The summed E-state index contributed by atoms with van der Waals surface area (Å²) in [6.07, 6.45) is 0. The van der Waals surface area contributed by atoms with E-state index in [1.165, 1.54) is 16.0 Å². The van der Waals surface area contributed by atoms with E-state index in [0.717, 1.165) is 12.2 Å². The van der Waals surface area contributed by atoms with E-state index in [1.54, 1.807) is 0 Å². The molecule has 0 aliphatic carbocycles. The van der Waals surface area contributed by atoms with Crippen molar-refractivity contribution in [1.82, 2.24) is 5.32 Å². The zero-order valence-electron chi connectivity index (χ0n) is 15.0. The van der Waals surface area contributed by atoms with Crippen molar-refractivity contribution in [3.05, 3.63) is 65.7 Å². The molecule has 0 saturated carbocycles. The highest BCUT2D eigenvalue weighted by Gasteiger charge is 2.17. The summed E-state index contributed by atoms with van der Waals surface area (Å²) >= 11 is 5.44. The van der Waals surface area contributed by atoms with Gasteiger partial charge in [-0.05, 0) is 35.8 Å². The molecule has 0 unspecified atom stereocenters. The van der Waals surface area contributed by atoms with Gasteiger partial charge in [0, 0.05) is 11.3 Å². The van der Waals surface area contributed by atoms with Gasteiger partial charge < -0.3 is 15.5 Å². The van der Waals surface area contributed by atoms with Crippen LogP contribution in [-0.2, 0) is 0 Å². The fraction of sp³-hybridized carbons (Fsp3) is 0.350. The Morgan fingerprint density at radius 2 is 1.58 bits per heavy atom. The van der Waals surface area contributed by atoms with Crippen LogP contribution in [0.3, 0.4) is 0 Å². The van der Waals surface area contributed by atoms with Gasteiger partial charge in [-0.3, -0.25) is 0 Å². The third kappa shape index (κ3) is 5.32. The van der Waals surface area contributed by atoms with Crippen molar-refractivity contribution in [2.45, 2.75) is 25.8 Å². The van der Waals surface area contributed by atoms with Crippen molar-refractivity contribution in [1.29, 1.82) is 0 Å². The highest BCUT2D eigenvalue weighted by molar-refractivity contribution is 7.80. The zero-order chi connectivity index (χ0) is 17.5. The summed E-state index contributed by atoms with van der Waals surface area (Å²) in [6, 6.07) is 19.3. The van der Waals surface area contributed by atoms with Gasteiger partial charge in [0.15, 0.2) is 5.11 Å². The molecule has 2 aromatic rings. The molecule has 0 heterocycles. The molecule has 2 rings (SSSR count). The largest absolute Gasteiger partial charge is 0.356 e. The molecule has 0 aliphatic rings. The van der Waals surface area contributed by atoms with Gasteiger partial charge in [0.05, 0.1) is 20.6 Å². The summed E-state index contributed by atoms with van der Waals surface area (Å²) in [5.41, 5.74) is 3.67. The zero-order valence-corrected chi connectivity index (χ0v) is 15.8. The molecule has 0 saturated heterocycles. The minimum atomic E-state index is 0.356. The smallest absolute Gasteiger partial charge is 0.171 e. The van der Waals surface area contributed by atoms with Crippen molar-refractivity contribution in [2.24, 2.45) is 0 Å². The van der Waals surface area contributed by atoms with Gasteiger partial charge in [-0.1, -0.05) is 56.3 Å². The van der Waals surface area contributed by atoms with Crippen molar-refractivity contribution < 1.29 is 4.90 Å². The second kappa shape index (κ2) is 8.81. The summed E-state index contributed by atoms with van der Waals surface area (Å²) in [7, 11) is 4.33. The molecule has 1 atom stereocenters. The fourth-order valence-corrected chi connectivity index (χ4v) is 2.86. The number of anilines is 1. The van der Waals surface area contributed by atoms with Crippen LogP contribution in [0.5, 0.6) is 0 Å². The number of hydrogen-bond acceptors (Lipinski definition) is 1. The van der Waals surface area contributed by atoms with Gasteiger partial charge in [-0.25, -0.2) is 0 Å². The average Bonchev–Trinajstić information content (AvgIpc) is 2.56. The molecule has 4 heteroatoms. The Morgan fingerprint density at radius 1 is 0.958 bits per heavy atom. The van der Waals surface area contributed by atoms with E-state index in [-0.39, 0.29) is 0 Å². The van der Waals surface area contributed by atoms with E-state index < -0.39 is 0 Å². The Balaban J connectivity index is 1.91. The maximum absolute atomic E-state index is 5.44. The summed E-state index contributed by atoms with van der Waals surface area (Å²) in [4.78, 5) is 1.37. The standard InChI is InChI=1S/C20H27N3S/c1-15(2)16-10-12-18(13-11-16)22-20(24)21-14-19(23(3)4)17-8-6-5-7-9-17/h5-13,15,19H,14H2,1-4H3,(H2,21,22,24)/p+1/t19-/m1/s1. The lowest BCUT2D eigenvalue weighted by Crippen LogP contribution is -3.07. The number of benzene rings is 2. The molecule has 3 N–H and O–H groups in total. The Hall–Kier alpha value is -1.91. The fourth-order valence-electron chi connectivity index (χ4n) is 2.66. The van der Waals surface area contributed by atoms with E-state index in [1.807, 2.05) is 6.07 Å². The molecule has 3 nitrogen and oxygen atoms in total. The molecule has 2 aromatic carbocycles. The molecule has 0 spiro atoms. The molecule has 0 amide bonds. The average molecular weight is 343 g/mol. The number of likely N-dealkylation sites (N-methyl/N-ethyl adjacent to an activating group) is 1. The van der Waals surface area contributed by atoms with Gasteiger partial charge in [0.2, 0.25) is 0 Å². The number of hydrogen-bond donors (Lipinski definition) is 3. The van der Waals surface area contributed by atoms with Crippen LogP contribution in [0.2, 0.25) is 0 Å². The first-order chi connectivity index (χ1) is 11.5. The normalized spacial score (nSPS) is 12.2. The molecular formula is C20H28N3S+. The molecular weight excluding hydrogens is 314 g/mol. The van der Waals surface area contributed by atoms with Crippen LogP contribution in [0, 0.1) is 0 Å². The number of nitrogens with one attached hydrogen (secondary N) is 3. The van der Waals surface area contributed by atoms with Gasteiger partial charge in [-0.2, -0.15) is 0 Å². The topological polar surface area (TPSA) is 28.5 Å².